The van der Waals surface area contributed by atoms with Gasteiger partial charge in [0.15, 0.2) is 0 Å². The average Bonchev–Trinajstić information content (AvgIpc) is 2.39. The van der Waals surface area contributed by atoms with E-state index in [9.17, 15) is 10.1 Å². The summed E-state index contributed by atoms with van der Waals surface area (Å²) in [6, 6.07) is 12.4. The molecule has 0 bridgehead atoms. The van der Waals surface area contributed by atoms with Crippen LogP contribution in [0.3, 0.4) is 0 Å². The second-order valence-electron chi connectivity index (χ2n) is 3.90. The molecule has 1 N–H and O–H groups in total. The lowest BCUT2D eigenvalue weighted by atomic mass is 10.2. The minimum absolute atomic E-state index is 0.0841. The van der Waals surface area contributed by atoms with Gasteiger partial charge in [0, 0.05) is 21.2 Å². The van der Waals surface area contributed by atoms with Gasteiger partial charge in [0.2, 0.25) is 0 Å². The van der Waals surface area contributed by atoms with Crippen LogP contribution in [0.15, 0.2) is 42.5 Å². The number of rotatable bonds is 4. The van der Waals surface area contributed by atoms with Gasteiger partial charge in [-0.1, -0.05) is 23.7 Å². The molecule has 0 fully saturated rings. The van der Waals surface area contributed by atoms with Crippen molar-refractivity contribution in [1.29, 1.82) is 0 Å². The lowest BCUT2D eigenvalue weighted by molar-refractivity contribution is -0.384. The Balaban J connectivity index is 2.15. The van der Waals surface area contributed by atoms with Crippen molar-refractivity contribution in [3.63, 3.8) is 0 Å². The van der Waals surface area contributed by atoms with Crippen LogP contribution in [0.2, 0.25) is 5.02 Å². The Hall–Kier alpha value is -1.34. The number of nitro groups is 1. The quantitative estimate of drug-likeness (QED) is 0.478. The van der Waals surface area contributed by atoms with Crippen LogP contribution in [0.4, 0.5) is 11.4 Å². The van der Waals surface area contributed by atoms with Gasteiger partial charge in [0.25, 0.3) is 5.69 Å². The summed E-state index contributed by atoms with van der Waals surface area (Å²) in [5.41, 5.74) is 1.61. The van der Waals surface area contributed by atoms with Gasteiger partial charge >= 0.3 is 0 Å². The van der Waals surface area contributed by atoms with Crippen molar-refractivity contribution in [1.82, 2.24) is 0 Å². The van der Waals surface area contributed by atoms with Crippen molar-refractivity contribution < 1.29 is 4.92 Å². The molecule has 6 heteroatoms. The van der Waals surface area contributed by atoms with E-state index in [4.69, 9.17) is 11.6 Å². The van der Waals surface area contributed by atoms with Crippen LogP contribution in [0.25, 0.3) is 0 Å². The Bertz CT molecular complexity index is 602. The molecule has 0 amide bonds. The smallest absolute Gasteiger partial charge is 0.293 e. The average molecular weight is 389 g/mol. The molecule has 0 saturated carbocycles. The Kier molecular flexibility index (Phi) is 4.60. The van der Waals surface area contributed by atoms with E-state index in [1.807, 2.05) is 18.2 Å². The molecule has 0 saturated heterocycles. The maximum Gasteiger partial charge on any atom is 0.293 e. The molecule has 0 aliphatic rings. The third-order valence-electron chi connectivity index (χ3n) is 2.55. The number of nitrogens with one attached hydrogen (secondary N) is 1. The van der Waals surface area contributed by atoms with Crippen molar-refractivity contribution in [2.45, 2.75) is 6.54 Å². The number of anilines is 1. The molecule has 0 radical (unpaired) electrons. The van der Waals surface area contributed by atoms with Gasteiger partial charge in [-0.3, -0.25) is 10.1 Å². The Morgan fingerprint density at radius 3 is 2.53 bits per heavy atom. The SMILES string of the molecule is O=[N+]([O-])c1cc(I)ccc1NCc1ccc(Cl)cc1. The standard InChI is InChI=1S/C13H10ClIN2O2/c14-10-3-1-9(2-4-10)8-16-12-6-5-11(15)7-13(12)17(18)19/h1-7,16H,8H2. The molecule has 0 heterocycles. The first-order chi connectivity index (χ1) is 9.06. The van der Waals surface area contributed by atoms with Crippen molar-refractivity contribution in [3.8, 4) is 0 Å². The van der Waals surface area contributed by atoms with Gasteiger partial charge in [-0.05, 0) is 52.4 Å². The fourth-order valence-corrected chi connectivity index (χ4v) is 2.21. The zero-order valence-electron chi connectivity index (χ0n) is 9.77. The third kappa shape index (κ3) is 3.81. The molecule has 0 spiro atoms. The molecule has 0 atom stereocenters. The fourth-order valence-electron chi connectivity index (χ4n) is 1.60. The molecule has 2 aromatic rings. The fraction of sp³-hybridized carbons (Fsp3) is 0.0769. The maximum atomic E-state index is 11.0. The third-order valence-corrected chi connectivity index (χ3v) is 3.48. The normalized spacial score (nSPS) is 10.2. The highest BCUT2D eigenvalue weighted by molar-refractivity contribution is 14.1. The van der Waals surface area contributed by atoms with Crippen molar-refractivity contribution >= 4 is 45.6 Å². The van der Waals surface area contributed by atoms with Crippen LogP contribution in [-0.4, -0.2) is 4.92 Å². The van der Waals surface area contributed by atoms with Crippen LogP contribution >= 0.6 is 34.2 Å². The molecular formula is C13H10ClIN2O2. The predicted octanol–water partition coefficient (Wildman–Crippen LogP) is 4.46. The number of halogens is 2. The minimum atomic E-state index is -0.383. The molecule has 98 valence electrons. The number of hydrogen-bond acceptors (Lipinski definition) is 3. The predicted molar refractivity (Wildman–Crippen MR) is 84.6 cm³/mol. The summed E-state index contributed by atoms with van der Waals surface area (Å²) < 4.78 is 0.835. The monoisotopic (exact) mass is 388 g/mol. The summed E-state index contributed by atoms with van der Waals surface area (Å²) >= 11 is 7.85. The first-order valence-electron chi connectivity index (χ1n) is 5.48. The van der Waals surface area contributed by atoms with Crippen LogP contribution in [0.5, 0.6) is 0 Å². The number of benzene rings is 2. The maximum absolute atomic E-state index is 11.0. The largest absolute Gasteiger partial charge is 0.375 e. The zero-order valence-corrected chi connectivity index (χ0v) is 12.7. The first kappa shape index (κ1) is 14.1. The van der Waals surface area contributed by atoms with Crippen molar-refractivity contribution in [2.24, 2.45) is 0 Å². The van der Waals surface area contributed by atoms with E-state index in [0.717, 1.165) is 9.13 Å². The van der Waals surface area contributed by atoms with Crippen LogP contribution < -0.4 is 5.32 Å². The highest BCUT2D eigenvalue weighted by atomic mass is 127. The topological polar surface area (TPSA) is 55.2 Å². The lowest BCUT2D eigenvalue weighted by Crippen LogP contribution is -2.02. The highest BCUT2D eigenvalue weighted by Crippen LogP contribution is 2.26. The van der Waals surface area contributed by atoms with Gasteiger partial charge < -0.3 is 5.32 Å². The van der Waals surface area contributed by atoms with Crippen LogP contribution in [-0.2, 0) is 6.54 Å². The van der Waals surface area contributed by atoms with E-state index in [2.05, 4.69) is 27.9 Å². The minimum Gasteiger partial charge on any atom is -0.375 e. The van der Waals surface area contributed by atoms with E-state index in [1.165, 1.54) is 0 Å². The van der Waals surface area contributed by atoms with Gasteiger partial charge in [0.1, 0.15) is 5.69 Å². The van der Waals surface area contributed by atoms with E-state index in [0.29, 0.717) is 17.3 Å². The van der Waals surface area contributed by atoms with Crippen molar-refractivity contribution in [3.05, 3.63) is 66.7 Å². The Labute approximate surface area is 129 Å². The van der Waals surface area contributed by atoms with Crippen molar-refractivity contribution in [2.75, 3.05) is 5.32 Å². The number of hydrogen-bond donors (Lipinski definition) is 1. The molecule has 2 rings (SSSR count). The summed E-state index contributed by atoms with van der Waals surface area (Å²) in [4.78, 5) is 10.6. The van der Waals surface area contributed by atoms with Gasteiger partial charge in [-0.15, -0.1) is 0 Å². The second-order valence-corrected chi connectivity index (χ2v) is 5.58. The first-order valence-corrected chi connectivity index (χ1v) is 6.94. The van der Waals surface area contributed by atoms with E-state index >= 15 is 0 Å². The Morgan fingerprint density at radius 2 is 1.89 bits per heavy atom. The Morgan fingerprint density at radius 1 is 1.21 bits per heavy atom. The van der Waals surface area contributed by atoms with Gasteiger partial charge in [0.05, 0.1) is 4.92 Å². The molecule has 19 heavy (non-hydrogen) atoms. The van der Waals surface area contributed by atoms with Crippen LogP contribution in [0, 0.1) is 13.7 Å². The highest BCUT2D eigenvalue weighted by Gasteiger charge is 2.13. The molecule has 0 aliphatic heterocycles. The molecule has 2 aromatic carbocycles. The van der Waals surface area contributed by atoms with Gasteiger partial charge in [-0.2, -0.15) is 0 Å². The summed E-state index contributed by atoms with van der Waals surface area (Å²) in [5.74, 6) is 0. The van der Waals surface area contributed by atoms with Gasteiger partial charge in [-0.25, -0.2) is 0 Å². The van der Waals surface area contributed by atoms with E-state index in [-0.39, 0.29) is 10.6 Å². The number of nitrogens with zero attached hydrogens (tertiary/aromatic N) is 1. The summed E-state index contributed by atoms with van der Waals surface area (Å²) in [7, 11) is 0. The summed E-state index contributed by atoms with van der Waals surface area (Å²) in [6.07, 6.45) is 0. The molecular weight excluding hydrogens is 379 g/mol. The summed E-state index contributed by atoms with van der Waals surface area (Å²) in [6.45, 7) is 0.513. The zero-order chi connectivity index (χ0) is 13.8. The molecule has 0 unspecified atom stereocenters. The molecule has 0 aliphatic carbocycles. The van der Waals surface area contributed by atoms with E-state index < -0.39 is 0 Å². The summed E-state index contributed by atoms with van der Waals surface area (Å²) in [5, 5.41) is 14.7. The number of nitro benzene ring substituents is 1. The van der Waals surface area contributed by atoms with Crippen LogP contribution in [0.1, 0.15) is 5.56 Å². The molecule has 4 nitrogen and oxygen atoms in total. The molecule has 0 aromatic heterocycles. The second kappa shape index (κ2) is 6.21. The van der Waals surface area contributed by atoms with E-state index in [1.54, 1.807) is 24.3 Å². The lowest BCUT2D eigenvalue weighted by Gasteiger charge is -2.07.